The molecule has 2 aromatic rings. The molecule has 0 unspecified atom stereocenters. The van der Waals surface area contributed by atoms with E-state index in [1.807, 2.05) is 24.4 Å². The first-order chi connectivity index (χ1) is 9.26. The Bertz CT molecular complexity index is 492. The van der Waals surface area contributed by atoms with Gasteiger partial charge in [0.25, 0.3) is 0 Å². The van der Waals surface area contributed by atoms with E-state index in [4.69, 9.17) is 11.6 Å². The van der Waals surface area contributed by atoms with Gasteiger partial charge >= 0.3 is 0 Å². The van der Waals surface area contributed by atoms with Gasteiger partial charge < -0.3 is 0 Å². The Hall–Kier alpha value is -1.34. The molecule has 0 bridgehead atoms. The zero-order chi connectivity index (χ0) is 13.7. The summed E-state index contributed by atoms with van der Waals surface area (Å²) in [6.45, 7) is 4.47. The lowest BCUT2D eigenvalue weighted by Crippen LogP contribution is -2.11. The standard InChI is InChI=1S/C17H20ClN/c1-3-15(13-8-10-14(18)11-9-13)16(4-2)17-7-5-6-12-19-17/h5-12,15-16H,3-4H2,1-2H3/t15-,16+/m1/s1. The fraction of sp³-hybridized carbons (Fsp3) is 0.353. The third-order valence-corrected chi connectivity index (χ3v) is 3.98. The third kappa shape index (κ3) is 3.36. The summed E-state index contributed by atoms with van der Waals surface area (Å²) in [6.07, 6.45) is 4.08. The molecule has 0 saturated heterocycles. The maximum absolute atomic E-state index is 5.98. The molecule has 0 aliphatic rings. The number of benzene rings is 1. The van der Waals surface area contributed by atoms with Crippen LogP contribution in [0.25, 0.3) is 0 Å². The smallest absolute Gasteiger partial charge is 0.0440 e. The number of aromatic nitrogens is 1. The Labute approximate surface area is 120 Å². The van der Waals surface area contributed by atoms with E-state index < -0.39 is 0 Å². The summed E-state index contributed by atoms with van der Waals surface area (Å²) in [5, 5.41) is 0.796. The molecule has 0 fully saturated rings. The Morgan fingerprint density at radius 1 is 0.947 bits per heavy atom. The van der Waals surface area contributed by atoms with Gasteiger partial charge in [-0.25, -0.2) is 0 Å². The molecule has 2 heteroatoms. The normalized spacial score (nSPS) is 14.1. The van der Waals surface area contributed by atoms with E-state index in [-0.39, 0.29) is 0 Å². The van der Waals surface area contributed by atoms with Crippen molar-refractivity contribution in [1.29, 1.82) is 0 Å². The van der Waals surface area contributed by atoms with Gasteiger partial charge in [0.2, 0.25) is 0 Å². The van der Waals surface area contributed by atoms with Gasteiger partial charge in [-0.3, -0.25) is 4.98 Å². The van der Waals surface area contributed by atoms with Crippen LogP contribution in [-0.4, -0.2) is 4.98 Å². The SMILES string of the molecule is CC[C@H](c1ccc(Cl)cc1)[C@H](CC)c1ccccn1. The second-order valence-corrected chi connectivity index (χ2v) is 5.27. The minimum atomic E-state index is 0.465. The summed E-state index contributed by atoms with van der Waals surface area (Å²) in [5.74, 6) is 0.963. The molecule has 0 saturated carbocycles. The van der Waals surface area contributed by atoms with E-state index in [9.17, 15) is 0 Å². The highest BCUT2D eigenvalue weighted by molar-refractivity contribution is 6.30. The number of hydrogen-bond donors (Lipinski definition) is 0. The molecular weight excluding hydrogens is 254 g/mol. The predicted octanol–water partition coefficient (Wildman–Crippen LogP) is 5.42. The first-order valence-corrected chi connectivity index (χ1v) is 7.30. The van der Waals surface area contributed by atoms with Crippen LogP contribution in [0.1, 0.15) is 49.8 Å². The lowest BCUT2D eigenvalue weighted by molar-refractivity contribution is 0.500. The maximum Gasteiger partial charge on any atom is 0.0440 e. The number of hydrogen-bond acceptors (Lipinski definition) is 1. The number of halogens is 1. The van der Waals surface area contributed by atoms with Gasteiger partial charge in [-0.15, -0.1) is 0 Å². The minimum Gasteiger partial charge on any atom is -0.261 e. The summed E-state index contributed by atoms with van der Waals surface area (Å²) in [7, 11) is 0. The molecule has 2 atom stereocenters. The van der Waals surface area contributed by atoms with Gasteiger partial charge in [-0.1, -0.05) is 43.6 Å². The molecule has 0 N–H and O–H groups in total. The molecule has 19 heavy (non-hydrogen) atoms. The zero-order valence-electron chi connectivity index (χ0n) is 11.5. The van der Waals surface area contributed by atoms with Crippen molar-refractivity contribution in [2.24, 2.45) is 0 Å². The Morgan fingerprint density at radius 2 is 1.63 bits per heavy atom. The van der Waals surface area contributed by atoms with Crippen LogP contribution in [0, 0.1) is 0 Å². The van der Waals surface area contributed by atoms with Crippen molar-refractivity contribution in [2.75, 3.05) is 0 Å². The average Bonchev–Trinajstić information content (AvgIpc) is 2.47. The topological polar surface area (TPSA) is 12.9 Å². The van der Waals surface area contributed by atoms with Gasteiger partial charge in [0.1, 0.15) is 0 Å². The highest BCUT2D eigenvalue weighted by atomic mass is 35.5. The van der Waals surface area contributed by atoms with Gasteiger partial charge in [-0.05, 0) is 48.6 Å². The van der Waals surface area contributed by atoms with Crippen LogP contribution >= 0.6 is 11.6 Å². The first kappa shape index (κ1) is 14.1. The molecule has 1 aromatic carbocycles. The average molecular weight is 274 g/mol. The summed E-state index contributed by atoms with van der Waals surface area (Å²) < 4.78 is 0. The van der Waals surface area contributed by atoms with Crippen molar-refractivity contribution in [2.45, 2.75) is 38.5 Å². The molecule has 0 radical (unpaired) electrons. The van der Waals surface area contributed by atoms with Crippen molar-refractivity contribution in [3.8, 4) is 0 Å². The van der Waals surface area contributed by atoms with Crippen molar-refractivity contribution >= 4 is 11.6 Å². The van der Waals surface area contributed by atoms with Crippen LogP contribution in [-0.2, 0) is 0 Å². The zero-order valence-corrected chi connectivity index (χ0v) is 12.3. The van der Waals surface area contributed by atoms with Crippen LogP contribution in [0.4, 0.5) is 0 Å². The van der Waals surface area contributed by atoms with Crippen LogP contribution in [0.5, 0.6) is 0 Å². The Kier molecular flexibility index (Phi) is 4.98. The molecule has 100 valence electrons. The quantitative estimate of drug-likeness (QED) is 0.708. The first-order valence-electron chi connectivity index (χ1n) is 6.92. The van der Waals surface area contributed by atoms with E-state index in [2.05, 4.69) is 43.1 Å². The van der Waals surface area contributed by atoms with E-state index in [1.165, 1.54) is 11.3 Å². The monoisotopic (exact) mass is 273 g/mol. The van der Waals surface area contributed by atoms with Crippen LogP contribution < -0.4 is 0 Å². The predicted molar refractivity (Wildman–Crippen MR) is 81.8 cm³/mol. The number of nitrogens with zero attached hydrogens (tertiary/aromatic N) is 1. The molecule has 2 rings (SSSR count). The fourth-order valence-corrected chi connectivity index (χ4v) is 2.88. The lowest BCUT2D eigenvalue weighted by atomic mass is 9.80. The van der Waals surface area contributed by atoms with Crippen molar-refractivity contribution < 1.29 is 0 Å². The van der Waals surface area contributed by atoms with Gasteiger partial charge in [-0.2, -0.15) is 0 Å². The van der Waals surface area contributed by atoms with Crippen LogP contribution in [0.2, 0.25) is 5.02 Å². The molecule has 0 aliphatic heterocycles. The largest absolute Gasteiger partial charge is 0.261 e. The van der Waals surface area contributed by atoms with E-state index in [1.54, 1.807) is 0 Å². The van der Waals surface area contributed by atoms with E-state index in [0.29, 0.717) is 11.8 Å². The highest BCUT2D eigenvalue weighted by Gasteiger charge is 2.22. The number of rotatable bonds is 5. The highest BCUT2D eigenvalue weighted by Crippen LogP contribution is 2.37. The molecule has 1 nitrogen and oxygen atoms in total. The third-order valence-electron chi connectivity index (χ3n) is 3.73. The Morgan fingerprint density at radius 3 is 2.16 bits per heavy atom. The fourth-order valence-electron chi connectivity index (χ4n) is 2.76. The molecule has 0 spiro atoms. The van der Waals surface area contributed by atoms with Crippen LogP contribution in [0.3, 0.4) is 0 Å². The molecule has 1 aromatic heterocycles. The maximum atomic E-state index is 5.98. The van der Waals surface area contributed by atoms with Crippen molar-refractivity contribution in [3.05, 3.63) is 64.9 Å². The van der Waals surface area contributed by atoms with Crippen LogP contribution in [0.15, 0.2) is 48.7 Å². The summed E-state index contributed by atoms with van der Waals surface area (Å²) in [4.78, 5) is 4.54. The number of pyridine rings is 1. The Balaban J connectivity index is 2.31. The van der Waals surface area contributed by atoms with Crippen molar-refractivity contribution in [3.63, 3.8) is 0 Å². The van der Waals surface area contributed by atoms with Gasteiger partial charge in [0.15, 0.2) is 0 Å². The summed E-state index contributed by atoms with van der Waals surface area (Å²) in [5.41, 5.74) is 2.54. The molecular formula is C17H20ClN. The minimum absolute atomic E-state index is 0.465. The van der Waals surface area contributed by atoms with Gasteiger partial charge in [0, 0.05) is 22.8 Å². The second-order valence-electron chi connectivity index (χ2n) is 4.84. The van der Waals surface area contributed by atoms with E-state index >= 15 is 0 Å². The van der Waals surface area contributed by atoms with Gasteiger partial charge in [0.05, 0.1) is 0 Å². The van der Waals surface area contributed by atoms with Crippen molar-refractivity contribution in [1.82, 2.24) is 4.98 Å². The summed E-state index contributed by atoms with van der Waals surface area (Å²) >= 11 is 5.98. The summed E-state index contributed by atoms with van der Waals surface area (Å²) in [6, 6.07) is 14.4. The molecule has 0 amide bonds. The molecule has 1 heterocycles. The van der Waals surface area contributed by atoms with E-state index in [0.717, 1.165) is 17.9 Å². The molecule has 0 aliphatic carbocycles. The second kappa shape index (κ2) is 6.72. The lowest BCUT2D eigenvalue weighted by Gasteiger charge is -2.25.